The SMILES string of the molecule is CCCC(CN)C(=O)NCC1(OC)CCOC1. The number of hydrogen-bond donors (Lipinski definition) is 2. The standard InChI is InChI=1S/C12H24N2O3/c1-3-4-10(7-13)11(15)14-8-12(16-2)5-6-17-9-12/h10H,3-9,13H2,1-2H3,(H,14,15). The first kappa shape index (κ1) is 14.4. The number of amides is 1. The molecule has 2 atom stereocenters. The van der Waals surface area contributed by atoms with E-state index in [4.69, 9.17) is 15.2 Å². The molecule has 17 heavy (non-hydrogen) atoms. The first-order valence-corrected chi connectivity index (χ1v) is 6.28. The molecule has 0 aromatic carbocycles. The fourth-order valence-corrected chi connectivity index (χ4v) is 2.06. The molecule has 2 unspecified atom stereocenters. The summed E-state index contributed by atoms with van der Waals surface area (Å²) in [4.78, 5) is 11.9. The van der Waals surface area contributed by atoms with Gasteiger partial charge in [-0.25, -0.2) is 0 Å². The van der Waals surface area contributed by atoms with Crippen molar-refractivity contribution in [2.75, 3.05) is 33.4 Å². The van der Waals surface area contributed by atoms with Crippen molar-refractivity contribution in [3.63, 3.8) is 0 Å². The first-order valence-electron chi connectivity index (χ1n) is 6.28. The molecule has 5 nitrogen and oxygen atoms in total. The van der Waals surface area contributed by atoms with Crippen LogP contribution in [0.4, 0.5) is 0 Å². The van der Waals surface area contributed by atoms with Crippen LogP contribution in [0.2, 0.25) is 0 Å². The highest BCUT2D eigenvalue weighted by Gasteiger charge is 2.35. The summed E-state index contributed by atoms with van der Waals surface area (Å²) in [5.74, 6) is -0.0612. The van der Waals surface area contributed by atoms with Gasteiger partial charge in [0.2, 0.25) is 5.91 Å². The van der Waals surface area contributed by atoms with Crippen molar-refractivity contribution >= 4 is 5.91 Å². The van der Waals surface area contributed by atoms with Gasteiger partial charge < -0.3 is 20.5 Å². The predicted octanol–water partition coefficient (Wildman–Crippen LogP) is 0.283. The molecule has 0 spiro atoms. The summed E-state index contributed by atoms with van der Waals surface area (Å²) < 4.78 is 10.8. The lowest BCUT2D eigenvalue weighted by Crippen LogP contribution is -2.47. The average molecular weight is 244 g/mol. The van der Waals surface area contributed by atoms with Crippen LogP contribution < -0.4 is 11.1 Å². The van der Waals surface area contributed by atoms with Crippen molar-refractivity contribution in [2.45, 2.75) is 31.8 Å². The van der Waals surface area contributed by atoms with Crippen LogP contribution in [0.25, 0.3) is 0 Å². The summed E-state index contributed by atoms with van der Waals surface area (Å²) in [6.45, 7) is 4.19. The molecular weight excluding hydrogens is 220 g/mol. The third-order valence-corrected chi connectivity index (χ3v) is 3.38. The quantitative estimate of drug-likeness (QED) is 0.675. The highest BCUT2D eigenvalue weighted by Crippen LogP contribution is 2.21. The lowest BCUT2D eigenvalue weighted by Gasteiger charge is -2.27. The highest BCUT2D eigenvalue weighted by atomic mass is 16.5. The van der Waals surface area contributed by atoms with Gasteiger partial charge in [0.05, 0.1) is 12.5 Å². The summed E-state index contributed by atoms with van der Waals surface area (Å²) >= 11 is 0. The Labute approximate surface area is 103 Å². The zero-order valence-electron chi connectivity index (χ0n) is 10.8. The van der Waals surface area contributed by atoms with E-state index in [0.717, 1.165) is 19.3 Å². The Morgan fingerprint density at radius 2 is 2.41 bits per heavy atom. The molecule has 0 bridgehead atoms. The van der Waals surface area contributed by atoms with Crippen molar-refractivity contribution in [3.05, 3.63) is 0 Å². The molecule has 0 aliphatic carbocycles. The monoisotopic (exact) mass is 244 g/mol. The molecule has 100 valence electrons. The number of ether oxygens (including phenoxy) is 2. The van der Waals surface area contributed by atoms with Gasteiger partial charge in [0.1, 0.15) is 5.60 Å². The fraction of sp³-hybridized carbons (Fsp3) is 0.917. The van der Waals surface area contributed by atoms with Crippen molar-refractivity contribution < 1.29 is 14.3 Å². The normalized spacial score (nSPS) is 25.8. The molecule has 0 aromatic heterocycles. The minimum atomic E-state index is -0.346. The van der Waals surface area contributed by atoms with E-state index in [0.29, 0.717) is 26.3 Å². The Morgan fingerprint density at radius 3 is 2.88 bits per heavy atom. The lowest BCUT2D eigenvalue weighted by molar-refractivity contribution is -0.126. The minimum Gasteiger partial charge on any atom is -0.378 e. The van der Waals surface area contributed by atoms with Gasteiger partial charge in [-0.1, -0.05) is 13.3 Å². The van der Waals surface area contributed by atoms with Crippen molar-refractivity contribution in [2.24, 2.45) is 11.7 Å². The summed E-state index contributed by atoms with van der Waals surface area (Å²) in [5, 5.41) is 2.93. The van der Waals surface area contributed by atoms with E-state index < -0.39 is 0 Å². The van der Waals surface area contributed by atoms with E-state index in [1.807, 2.05) is 0 Å². The van der Waals surface area contributed by atoms with Crippen LogP contribution in [0.3, 0.4) is 0 Å². The Balaban J connectivity index is 2.40. The first-order chi connectivity index (χ1) is 8.17. The van der Waals surface area contributed by atoms with Crippen LogP contribution >= 0.6 is 0 Å². The smallest absolute Gasteiger partial charge is 0.224 e. The van der Waals surface area contributed by atoms with E-state index in [-0.39, 0.29) is 17.4 Å². The van der Waals surface area contributed by atoms with Crippen LogP contribution in [0, 0.1) is 5.92 Å². The summed E-state index contributed by atoms with van der Waals surface area (Å²) in [6, 6.07) is 0. The number of methoxy groups -OCH3 is 1. The largest absolute Gasteiger partial charge is 0.378 e. The number of nitrogens with one attached hydrogen (secondary N) is 1. The molecule has 1 aliphatic rings. The van der Waals surface area contributed by atoms with E-state index >= 15 is 0 Å². The molecule has 0 aromatic rings. The number of nitrogens with two attached hydrogens (primary N) is 1. The molecule has 5 heteroatoms. The zero-order chi connectivity index (χ0) is 12.7. The van der Waals surface area contributed by atoms with Gasteiger partial charge in [-0.2, -0.15) is 0 Å². The number of carbonyl (C=O) groups is 1. The molecule has 3 N–H and O–H groups in total. The van der Waals surface area contributed by atoms with Crippen LogP contribution in [-0.2, 0) is 14.3 Å². The van der Waals surface area contributed by atoms with Gasteiger partial charge in [0.15, 0.2) is 0 Å². The van der Waals surface area contributed by atoms with Crippen molar-refractivity contribution in [1.29, 1.82) is 0 Å². The maximum Gasteiger partial charge on any atom is 0.224 e. The summed E-state index contributed by atoms with van der Waals surface area (Å²) in [6.07, 6.45) is 2.62. The molecule has 1 rings (SSSR count). The third-order valence-electron chi connectivity index (χ3n) is 3.38. The van der Waals surface area contributed by atoms with Gasteiger partial charge >= 0.3 is 0 Å². The number of carbonyl (C=O) groups excluding carboxylic acids is 1. The van der Waals surface area contributed by atoms with Gasteiger partial charge in [0.25, 0.3) is 0 Å². The summed E-state index contributed by atoms with van der Waals surface area (Å²) in [7, 11) is 1.66. The van der Waals surface area contributed by atoms with Crippen molar-refractivity contribution in [3.8, 4) is 0 Å². The second-order valence-corrected chi connectivity index (χ2v) is 4.63. The Kier molecular flexibility index (Phi) is 5.88. The summed E-state index contributed by atoms with van der Waals surface area (Å²) in [5.41, 5.74) is 5.25. The molecule has 0 radical (unpaired) electrons. The van der Waals surface area contributed by atoms with Crippen molar-refractivity contribution in [1.82, 2.24) is 5.32 Å². The number of hydrogen-bond acceptors (Lipinski definition) is 4. The van der Waals surface area contributed by atoms with Crippen LogP contribution in [-0.4, -0.2) is 44.9 Å². The molecule has 1 aliphatic heterocycles. The number of rotatable bonds is 7. The molecular formula is C12H24N2O3. The van der Waals surface area contributed by atoms with Crippen LogP contribution in [0.5, 0.6) is 0 Å². The van der Waals surface area contributed by atoms with E-state index in [1.54, 1.807) is 7.11 Å². The maximum atomic E-state index is 11.9. The van der Waals surface area contributed by atoms with Gasteiger partial charge in [-0.3, -0.25) is 4.79 Å². The van der Waals surface area contributed by atoms with Gasteiger partial charge in [-0.15, -0.1) is 0 Å². The minimum absolute atomic E-state index is 0.0256. The van der Waals surface area contributed by atoms with Gasteiger partial charge in [0, 0.05) is 33.2 Å². The van der Waals surface area contributed by atoms with Crippen LogP contribution in [0.1, 0.15) is 26.2 Å². The average Bonchev–Trinajstić information content (AvgIpc) is 2.82. The second kappa shape index (κ2) is 6.93. The fourth-order valence-electron chi connectivity index (χ4n) is 2.06. The van der Waals surface area contributed by atoms with E-state index in [1.165, 1.54) is 0 Å². The molecule has 1 heterocycles. The highest BCUT2D eigenvalue weighted by molar-refractivity contribution is 5.78. The second-order valence-electron chi connectivity index (χ2n) is 4.63. The topological polar surface area (TPSA) is 73.6 Å². The predicted molar refractivity (Wildman–Crippen MR) is 65.6 cm³/mol. The van der Waals surface area contributed by atoms with Gasteiger partial charge in [-0.05, 0) is 6.42 Å². The third kappa shape index (κ3) is 3.94. The van der Waals surface area contributed by atoms with Crippen LogP contribution in [0.15, 0.2) is 0 Å². The van der Waals surface area contributed by atoms with E-state index in [9.17, 15) is 4.79 Å². The Bertz CT molecular complexity index is 240. The molecule has 1 amide bonds. The Hall–Kier alpha value is -0.650. The van der Waals surface area contributed by atoms with E-state index in [2.05, 4.69) is 12.2 Å². The maximum absolute atomic E-state index is 11.9. The molecule has 1 saturated heterocycles. The molecule has 0 saturated carbocycles. The lowest BCUT2D eigenvalue weighted by atomic mass is 10.0. The Morgan fingerprint density at radius 1 is 1.65 bits per heavy atom. The zero-order valence-corrected chi connectivity index (χ0v) is 10.8. The molecule has 1 fully saturated rings.